The fraction of sp³-hybridized carbons (Fsp3) is 0.966. The van der Waals surface area contributed by atoms with Crippen LogP contribution in [-0.4, -0.2) is 12.6 Å². The van der Waals surface area contributed by atoms with Gasteiger partial charge in [0, 0.05) is 6.42 Å². The highest BCUT2D eigenvalue weighted by molar-refractivity contribution is 5.69. The monoisotopic (exact) mass is 438 g/mol. The second kappa shape index (κ2) is 25.7. The van der Waals surface area contributed by atoms with Gasteiger partial charge in [-0.25, -0.2) is 0 Å². The molecule has 0 bridgehead atoms. The van der Waals surface area contributed by atoms with Crippen LogP contribution in [0.15, 0.2) is 0 Å². The Morgan fingerprint density at radius 2 is 0.806 bits per heavy atom. The van der Waals surface area contributed by atoms with E-state index in [1.807, 2.05) is 0 Å². The molecular formula is C29H58O2. The molecule has 2 heteroatoms. The van der Waals surface area contributed by atoms with Crippen molar-refractivity contribution in [1.82, 2.24) is 0 Å². The Labute approximate surface area is 196 Å². The average Bonchev–Trinajstić information content (AvgIpc) is 2.75. The fourth-order valence-corrected chi connectivity index (χ4v) is 4.21. The number of rotatable bonds is 25. The summed E-state index contributed by atoms with van der Waals surface area (Å²) in [6.45, 7) is 7.01. The number of esters is 1. The molecule has 0 aliphatic heterocycles. The van der Waals surface area contributed by atoms with Crippen molar-refractivity contribution < 1.29 is 9.53 Å². The molecule has 0 aromatic carbocycles. The molecule has 0 N–H and O–H groups in total. The van der Waals surface area contributed by atoms with E-state index >= 15 is 0 Å². The summed E-state index contributed by atoms with van der Waals surface area (Å²) in [5, 5.41) is 0. The predicted molar refractivity (Wildman–Crippen MR) is 138 cm³/mol. The van der Waals surface area contributed by atoms with Crippen molar-refractivity contribution in [2.45, 2.75) is 168 Å². The number of carbonyl (C=O) groups is 1. The van der Waals surface area contributed by atoms with Gasteiger partial charge in [0.25, 0.3) is 0 Å². The lowest BCUT2D eigenvalue weighted by molar-refractivity contribution is -0.144. The van der Waals surface area contributed by atoms with Gasteiger partial charge in [-0.2, -0.15) is 0 Å². The van der Waals surface area contributed by atoms with Crippen molar-refractivity contribution in [3.63, 3.8) is 0 Å². The average molecular weight is 439 g/mol. The molecule has 0 aliphatic carbocycles. The van der Waals surface area contributed by atoms with Gasteiger partial charge in [0.05, 0.1) is 6.61 Å². The highest BCUT2D eigenvalue weighted by atomic mass is 16.5. The molecule has 0 fully saturated rings. The van der Waals surface area contributed by atoms with Crippen molar-refractivity contribution >= 4 is 5.97 Å². The van der Waals surface area contributed by atoms with Gasteiger partial charge >= 0.3 is 5.97 Å². The van der Waals surface area contributed by atoms with E-state index in [1.165, 1.54) is 135 Å². The molecule has 0 rings (SSSR count). The van der Waals surface area contributed by atoms with Crippen LogP contribution < -0.4 is 0 Å². The van der Waals surface area contributed by atoms with Crippen molar-refractivity contribution in [3.8, 4) is 0 Å². The molecule has 0 aliphatic rings. The minimum Gasteiger partial charge on any atom is -0.465 e. The number of hydrogen-bond donors (Lipinski definition) is 0. The van der Waals surface area contributed by atoms with Gasteiger partial charge in [0.2, 0.25) is 0 Å². The molecular weight excluding hydrogens is 380 g/mol. The number of hydrogen-bond acceptors (Lipinski definition) is 2. The standard InChI is InChI=1S/C29H58O2/c1-4-5-6-7-8-9-10-11-12-13-14-15-16-17-18-19-20-21-22-23-24-25-26-29(30)31-27-28(2)3/h28H,4-27H2,1-3H3. The molecule has 0 spiro atoms. The summed E-state index contributed by atoms with van der Waals surface area (Å²) >= 11 is 0. The Balaban J connectivity index is 3.07. The third-order valence-electron chi connectivity index (χ3n) is 6.31. The highest BCUT2D eigenvalue weighted by Gasteiger charge is 2.03. The molecule has 0 aromatic heterocycles. The van der Waals surface area contributed by atoms with E-state index in [1.54, 1.807) is 0 Å². The Morgan fingerprint density at radius 3 is 1.10 bits per heavy atom. The van der Waals surface area contributed by atoms with Crippen LogP contribution >= 0.6 is 0 Å². The van der Waals surface area contributed by atoms with E-state index in [2.05, 4.69) is 20.8 Å². The van der Waals surface area contributed by atoms with Gasteiger partial charge in [-0.1, -0.05) is 156 Å². The number of carbonyl (C=O) groups excluding carboxylic acids is 1. The molecule has 0 aromatic rings. The molecule has 0 saturated carbocycles. The quantitative estimate of drug-likeness (QED) is 0.105. The Hall–Kier alpha value is -0.530. The van der Waals surface area contributed by atoms with Crippen LogP contribution in [0.3, 0.4) is 0 Å². The van der Waals surface area contributed by atoms with Gasteiger partial charge in [0.1, 0.15) is 0 Å². The Bertz CT molecular complexity index is 351. The molecule has 2 nitrogen and oxygen atoms in total. The molecule has 0 amide bonds. The smallest absolute Gasteiger partial charge is 0.305 e. The van der Waals surface area contributed by atoms with Crippen LogP contribution in [0.5, 0.6) is 0 Å². The lowest BCUT2D eigenvalue weighted by Crippen LogP contribution is -2.09. The summed E-state index contributed by atoms with van der Waals surface area (Å²) in [7, 11) is 0. The highest BCUT2D eigenvalue weighted by Crippen LogP contribution is 2.15. The fourth-order valence-electron chi connectivity index (χ4n) is 4.21. The molecule has 0 atom stereocenters. The maximum absolute atomic E-state index is 11.5. The predicted octanol–water partition coefficient (Wildman–Crippen LogP) is 10.2. The summed E-state index contributed by atoms with van der Waals surface area (Å²) in [4.78, 5) is 11.5. The maximum atomic E-state index is 11.5. The summed E-state index contributed by atoms with van der Waals surface area (Å²) in [6.07, 6.45) is 31.3. The Morgan fingerprint density at radius 1 is 0.516 bits per heavy atom. The SMILES string of the molecule is CCCCCCCCCCCCCCCCCCCCCCCCC(=O)OCC(C)C. The minimum absolute atomic E-state index is 0.0122. The Kier molecular flexibility index (Phi) is 25.3. The first-order chi connectivity index (χ1) is 15.2. The molecule has 0 unspecified atom stereocenters. The van der Waals surface area contributed by atoms with E-state index in [4.69, 9.17) is 4.74 Å². The van der Waals surface area contributed by atoms with E-state index in [-0.39, 0.29) is 5.97 Å². The van der Waals surface area contributed by atoms with Gasteiger partial charge in [-0.3, -0.25) is 4.79 Å². The number of ether oxygens (including phenoxy) is 1. The second-order valence-electron chi connectivity index (χ2n) is 10.3. The van der Waals surface area contributed by atoms with Crippen LogP contribution in [0.4, 0.5) is 0 Å². The van der Waals surface area contributed by atoms with E-state index < -0.39 is 0 Å². The zero-order valence-corrected chi connectivity index (χ0v) is 21.9. The first kappa shape index (κ1) is 30.5. The van der Waals surface area contributed by atoms with Crippen molar-refractivity contribution in [1.29, 1.82) is 0 Å². The third-order valence-corrected chi connectivity index (χ3v) is 6.31. The molecule has 0 radical (unpaired) electrons. The largest absolute Gasteiger partial charge is 0.465 e. The molecule has 0 heterocycles. The van der Waals surface area contributed by atoms with Crippen LogP contribution in [-0.2, 0) is 9.53 Å². The lowest BCUT2D eigenvalue weighted by Gasteiger charge is -2.07. The summed E-state index contributed by atoms with van der Waals surface area (Å²) in [5.74, 6) is 0.426. The summed E-state index contributed by atoms with van der Waals surface area (Å²) in [5.41, 5.74) is 0. The maximum Gasteiger partial charge on any atom is 0.305 e. The van der Waals surface area contributed by atoms with Gasteiger partial charge < -0.3 is 4.74 Å². The molecule has 0 saturated heterocycles. The lowest BCUT2D eigenvalue weighted by atomic mass is 10.0. The molecule has 31 heavy (non-hydrogen) atoms. The van der Waals surface area contributed by atoms with Crippen LogP contribution in [0.2, 0.25) is 0 Å². The van der Waals surface area contributed by atoms with Crippen LogP contribution in [0.25, 0.3) is 0 Å². The van der Waals surface area contributed by atoms with E-state index in [0.717, 1.165) is 6.42 Å². The van der Waals surface area contributed by atoms with Crippen molar-refractivity contribution in [2.24, 2.45) is 5.92 Å². The normalized spacial score (nSPS) is 11.4. The zero-order valence-electron chi connectivity index (χ0n) is 21.9. The molecule has 186 valence electrons. The van der Waals surface area contributed by atoms with Gasteiger partial charge in [-0.15, -0.1) is 0 Å². The van der Waals surface area contributed by atoms with E-state index in [9.17, 15) is 4.79 Å². The first-order valence-electron chi connectivity index (χ1n) is 14.3. The zero-order chi connectivity index (χ0) is 22.8. The van der Waals surface area contributed by atoms with Crippen molar-refractivity contribution in [2.75, 3.05) is 6.61 Å². The topological polar surface area (TPSA) is 26.3 Å². The van der Waals surface area contributed by atoms with Gasteiger partial charge in [0.15, 0.2) is 0 Å². The van der Waals surface area contributed by atoms with Crippen molar-refractivity contribution in [3.05, 3.63) is 0 Å². The minimum atomic E-state index is -0.0122. The van der Waals surface area contributed by atoms with E-state index in [0.29, 0.717) is 18.9 Å². The van der Waals surface area contributed by atoms with Crippen LogP contribution in [0.1, 0.15) is 168 Å². The first-order valence-corrected chi connectivity index (χ1v) is 14.3. The second-order valence-corrected chi connectivity index (χ2v) is 10.3. The van der Waals surface area contributed by atoms with Gasteiger partial charge in [-0.05, 0) is 12.3 Å². The third kappa shape index (κ3) is 27.4. The summed E-state index contributed by atoms with van der Waals surface area (Å²) in [6, 6.07) is 0. The van der Waals surface area contributed by atoms with Crippen LogP contribution in [0, 0.1) is 5.92 Å². The summed E-state index contributed by atoms with van der Waals surface area (Å²) < 4.78 is 5.21. The number of unbranched alkanes of at least 4 members (excludes halogenated alkanes) is 21.